The highest BCUT2D eigenvalue weighted by Crippen LogP contribution is 2.20. The van der Waals surface area contributed by atoms with E-state index in [-0.39, 0.29) is 11.9 Å². The Morgan fingerprint density at radius 2 is 1.64 bits per heavy atom. The molecule has 0 fully saturated rings. The SMILES string of the molecule is Cc1ccc([C@H](C)NC(=O)c2ccc(NS(C)(=O)=O)c(C)c2)cc1C. The second-order valence-electron chi connectivity index (χ2n) is 6.44. The van der Waals surface area contributed by atoms with Gasteiger partial charge >= 0.3 is 0 Å². The first-order valence-corrected chi connectivity index (χ1v) is 9.92. The van der Waals surface area contributed by atoms with Gasteiger partial charge in [-0.05, 0) is 68.1 Å². The number of benzene rings is 2. The Morgan fingerprint density at radius 1 is 0.960 bits per heavy atom. The monoisotopic (exact) mass is 360 g/mol. The first-order chi connectivity index (χ1) is 11.6. The van der Waals surface area contributed by atoms with Gasteiger partial charge in [0.1, 0.15) is 0 Å². The molecule has 0 aliphatic heterocycles. The van der Waals surface area contributed by atoms with Gasteiger partial charge < -0.3 is 5.32 Å². The summed E-state index contributed by atoms with van der Waals surface area (Å²) >= 11 is 0. The fourth-order valence-corrected chi connectivity index (χ4v) is 3.14. The molecule has 0 heterocycles. The summed E-state index contributed by atoms with van der Waals surface area (Å²) in [6.07, 6.45) is 1.10. The average molecular weight is 360 g/mol. The van der Waals surface area contributed by atoms with Crippen LogP contribution in [0, 0.1) is 20.8 Å². The van der Waals surface area contributed by atoms with Crippen LogP contribution in [0.4, 0.5) is 5.69 Å². The number of carbonyl (C=O) groups is 1. The van der Waals surface area contributed by atoms with E-state index >= 15 is 0 Å². The van der Waals surface area contributed by atoms with Crippen LogP contribution in [0.25, 0.3) is 0 Å². The fraction of sp³-hybridized carbons (Fsp3) is 0.316. The van der Waals surface area contributed by atoms with Gasteiger partial charge in [0, 0.05) is 5.56 Å². The standard InChI is InChI=1S/C19H24N2O3S/c1-12-6-7-16(10-13(12)2)15(4)20-19(22)17-8-9-18(14(3)11-17)21-25(5,23)24/h6-11,15,21H,1-5H3,(H,20,22)/t15-/m0/s1. The van der Waals surface area contributed by atoms with Crippen molar-refractivity contribution in [1.82, 2.24) is 5.32 Å². The topological polar surface area (TPSA) is 75.3 Å². The molecular weight excluding hydrogens is 336 g/mol. The van der Waals surface area contributed by atoms with Crippen LogP contribution in [0.15, 0.2) is 36.4 Å². The third-order valence-electron chi connectivity index (χ3n) is 4.16. The smallest absolute Gasteiger partial charge is 0.251 e. The Kier molecular flexibility index (Phi) is 5.52. The van der Waals surface area contributed by atoms with Crippen LogP contribution in [0.1, 0.15) is 45.6 Å². The summed E-state index contributed by atoms with van der Waals surface area (Å²) in [7, 11) is -3.35. The van der Waals surface area contributed by atoms with Gasteiger partial charge in [0.15, 0.2) is 0 Å². The molecule has 0 aliphatic rings. The Balaban J connectivity index is 2.15. The van der Waals surface area contributed by atoms with Gasteiger partial charge in [-0.1, -0.05) is 18.2 Å². The summed E-state index contributed by atoms with van der Waals surface area (Å²) in [5, 5.41) is 2.98. The molecule has 5 nitrogen and oxygen atoms in total. The number of amides is 1. The highest BCUT2D eigenvalue weighted by molar-refractivity contribution is 7.92. The van der Waals surface area contributed by atoms with Crippen molar-refractivity contribution in [2.24, 2.45) is 0 Å². The van der Waals surface area contributed by atoms with Crippen LogP contribution >= 0.6 is 0 Å². The van der Waals surface area contributed by atoms with E-state index in [1.54, 1.807) is 25.1 Å². The minimum atomic E-state index is -3.35. The van der Waals surface area contributed by atoms with Crippen molar-refractivity contribution >= 4 is 21.6 Å². The van der Waals surface area contributed by atoms with Gasteiger partial charge in [0.2, 0.25) is 10.0 Å². The number of carbonyl (C=O) groups excluding carboxylic acids is 1. The fourth-order valence-electron chi connectivity index (χ4n) is 2.52. The van der Waals surface area contributed by atoms with Crippen LogP contribution in [-0.2, 0) is 10.0 Å². The molecule has 0 radical (unpaired) electrons. The van der Waals surface area contributed by atoms with Gasteiger partial charge in [-0.2, -0.15) is 0 Å². The third-order valence-corrected chi connectivity index (χ3v) is 4.75. The molecule has 1 amide bonds. The van der Waals surface area contributed by atoms with Crippen molar-refractivity contribution in [3.05, 3.63) is 64.2 Å². The van der Waals surface area contributed by atoms with Crippen molar-refractivity contribution in [2.45, 2.75) is 33.7 Å². The van der Waals surface area contributed by atoms with Crippen LogP contribution in [0.2, 0.25) is 0 Å². The van der Waals surface area contributed by atoms with E-state index in [1.807, 2.05) is 26.0 Å². The molecule has 0 spiro atoms. The zero-order valence-electron chi connectivity index (χ0n) is 15.2. The van der Waals surface area contributed by atoms with Crippen LogP contribution in [0.3, 0.4) is 0 Å². The molecule has 0 saturated heterocycles. The van der Waals surface area contributed by atoms with E-state index in [9.17, 15) is 13.2 Å². The quantitative estimate of drug-likeness (QED) is 0.857. The van der Waals surface area contributed by atoms with Crippen LogP contribution in [-0.4, -0.2) is 20.6 Å². The largest absolute Gasteiger partial charge is 0.346 e. The Morgan fingerprint density at radius 3 is 2.20 bits per heavy atom. The molecule has 0 aromatic heterocycles. The molecule has 134 valence electrons. The lowest BCUT2D eigenvalue weighted by Crippen LogP contribution is -2.26. The maximum absolute atomic E-state index is 12.5. The molecule has 2 N–H and O–H groups in total. The maximum Gasteiger partial charge on any atom is 0.251 e. The second kappa shape index (κ2) is 7.27. The second-order valence-corrected chi connectivity index (χ2v) is 8.19. The number of hydrogen-bond donors (Lipinski definition) is 2. The summed E-state index contributed by atoms with van der Waals surface area (Å²) in [6, 6.07) is 10.9. The molecule has 2 rings (SSSR count). The molecular formula is C19H24N2O3S. The molecule has 2 aromatic rings. The first-order valence-electron chi connectivity index (χ1n) is 8.03. The molecule has 0 bridgehead atoms. The average Bonchev–Trinajstić information content (AvgIpc) is 2.50. The van der Waals surface area contributed by atoms with Gasteiger partial charge in [-0.25, -0.2) is 8.42 Å². The lowest BCUT2D eigenvalue weighted by molar-refractivity contribution is 0.0940. The van der Waals surface area contributed by atoms with Gasteiger partial charge in [0.05, 0.1) is 18.0 Å². The van der Waals surface area contributed by atoms with Gasteiger partial charge in [-0.15, -0.1) is 0 Å². The number of rotatable bonds is 5. The van der Waals surface area contributed by atoms with Crippen molar-refractivity contribution in [3.8, 4) is 0 Å². The predicted octanol–water partition coefficient (Wildman–Crippen LogP) is 3.47. The number of hydrogen-bond acceptors (Lipinski definition) is 3. The zero-order chi connectivity index (χ0) is 18.8. The highest BCUT2D eigenvalue weighted by atomic mass is 32.2. The number of sulfonamides is 1. The molecule has 0 aliphatic carbocycles. The Hall–Kier alpha value is -2.34. The summed E-state index contributed by atoms with van der Waals surface area (Å²) in [4.78, 5) is 12.5. The van der Waals surface area contributed by atoms with Gasteiger partial charge in [-0.3, -0.25) is 9.52 Å². The summed E-state index contributed by atoms with van der Waals surface area (Å²) < 4.78 is 25.1. The van der Waals surface area contributed by atoms with E-state index in [0.717, 1.165) is 11.8 Å². The van der Waals surface area contributed by atoms with Crippen molar-refractivity contribution in [1.29, 1.82) is 0 Å². The van der Waals surface area contributed by atoms with Crippen LogP contribution < -0.4 is 10.0 Å². The van der Waals surface area contributed by atoms with Crippen molar-refractivity contribution < 1.29 is 13.2 Å². The van der Waals surface area contributed by atoms with Crippen molar-refractivity contribution in [2.75, 3.05) is 11.0 Å². The van der Waals surface area contributed by atoms with E-state index in [2.05, 4.69) is 23.0 Å². The van der Waals surface area contributed by atoms with E-state index in [1.165, 1.54) is 11.1 Å². The van der Waals surface area contributed by atoms with Crippen LogP contribution in [0.5, 0.6) is 0 Å². The molecule has 0 unspecified atom stereocenters. The van der Waals surface area contributed by atoms with E-state index < -0.39 is 10.0 Å². The highest BCUT2D eigenvalue weighted by Gasteiger charge is 2.14. The first kappa shape index (κ1) is 19.0. The number of anilines is 1. The maximum atomic E-state index is 12.5. The summed E-state index contributed by atoms with van der Waals surface area (Å²) in [6.45, 7) is 7.80. The molecule has 6 heteroatoms. The molecule has 2 aromatic carbocycles. The van der Waals surface area contributed by atoms with Gasteiger partial charge in [0.25, 0.3) is 5.91 Å². The normalized spacial score (nSPS) is 12.5. The summed E-state index contributed by atoms with van der Waals surface area (Å²) in [5.74, 6) is -0.195. The van der Waals surface area contributed by atoms with Crippen molar-refractivity contribution in [3.63, 3.8) is 0 Å². The molecule has 25 heavy (non-hydrogen) atoms. The Bertz CT molecular complexity index is 905. The predicted molar refractivity (Wildman–Crippen MR) is 101 cm³/mol. The number of nitrogens with one attached hydrogen (secondary N) is 2. The lowest BCUT2D eigenvalue weighted by Gasteiger charge is -2.16. The lowest BCUT2D eigenvalue weighted by atomic mass is 10.0. The zero-order valence-corrected chi connectivity index (χ0v) is 16.0. The third kappa shape index (κ3) is 5.06. The minimum absolute atomic E-state index is 0.124. The minimum Gasteiger partial charge on any atom is -0.346 e. The Labute approximate surface area is 149 Å². The van der Waals surface area contributed by atoms with E-state index in [0.29, 0.717) is 16.8 Å². The number of aryl methyl sites for hydroxylation is 3. The summed E-state index contributed by atoms with van der Waals surface area (Å²) in [5.41, 5.74) is 5.10. The molecule has 1 atom stereocenters. The van der Waals surface area contributed by atoms with E-state index in [4.69, 9.17) is 0 Å². The molecule has 0 saturated carbocycles.